The van der Waals surface area contributed by atoms with Crippen molar-refractivity contribution in [2.24, 2.45) is 5.73 Å². The summed E-state index contributed by atoms with van der Waals surface area (Å²) in [5.41, 5.74) is 7.00. The Kier molecular flexibility index (Phi) is 6.27. The maximum atomic E-state index is 8.97. The van der Waals surface area contributed by atoms with E-state index in [4.69, 9.17) is 26.1 Å². The van der Waals surface area contributed by atoms with Gasteiger partial charge in [0.2, 0.25) is 0 Å². The van der Waals surface area contributed by atoms with E-state index in [2.05, 4.69) is 0 Å². The van der Waals surface area contributed by atoms with Crippen LogP contribution in [-0.2, 0) is 6.54 Å². The molecule has 0 aromatic heterocycles. The number of nitrogen functional groups attached to an aromatic ring is 1. The van der Waals surface area contributed by atoms with Crippen molar-refractivity contribution >= 4 is 5.84 Å². The molecule has 0 heterocycles. The van der Waals surface area contributed by atoms with Gasteiger partial charge in [0.1, 0.15) is 11.6 Å². The molecule has 5 N–H and O–H groups in total. The van der Waals surface area contributed by atoms with Crippen LogP contribution in [0.4, 0.5) is 0 Å². The molecule has 1 aromatic rings. The first-order chi connectivity index (χ1) is 9.12. The van der Waals surface area contributed by atoms with Gasteiger partial charge in [0.15, 0.2) is 0 Å². The van der Waals surface area contributed by atoms with Crippen LogP contribution in [0, 0.1) is 5.41 Å². The van der Waals surface area contributed by atoms with Crippen molar-refractivity contribution in [3.8, 4) is 5.75 Å². The van der Waals surface area contributed by atoms with Gasteiger partial charge in [-0.05, 0) is 17.7 Å². The van der Waals surface area contributed by atoms with Crippen molar-refractivity contribution in [2.45, 2.75) is 6.54 Å². The molecular weight excluding hydrogens is 246 g/mol. The van der Waals surface area contributed by atoms with Crippen LogP contribution in [0.3, 0.4) is 0 Å². The number of amidine groups is 1. The smallest absolute Gasteiger partial charge is 0.130 e. The lowest BCUT2D eigenvalue weighted by atomic mass is 10.1. The maximum Gasteiger partial charge on any atom is 0.130 e. The molecule has 0 amide bonds. The van der Waals surface area contributed by atoms with Gasteiger partial charge in [0, 0.05) is 19.6 Å². The molecule has 0 atom stereocenters. The molecule has 0 bridgehead atoms. The number of nitrogens with one attached hydrogen (secondary N) is 1. The minimum Gasteiger partial charge on any atom is -0.496 e. The summed E-state index contributed by atoms with van der Waals surface area (Å²) in [7, 11) is 1.53. The van der Waals surface area contributed by atoms with Crippen LogP contribution in [0.15, 0.2) is 18.2 Å². The summed E-state index contributed by atoms with van der Waals surface area (Å²) in [6.45, 7) is 1.68. The second-order valence-electron chi connectivity index (χ2n) is 4.17. The SMILES string of the molecule is COc1cc(CN(CCO)CCO)ccc1C(=N)N. The molecule has 0 saturated heterocycles. The first-order valence-corrected chi connectivity index (χ1v) is 6.07. The highest BCUT2D eigenvalue weighted by Gasteiger charge is 2.10. The first-order valence-electron chi connectivity index (χ1n) is 6.07. The van der Waals surface area contributed by atoms with E-state index in [1.54, 1.807) is 6.07 Å². The van der Waals surface area contributed by atoms with E-state index in [0.717, 1.165) is 5.56 Å². The monoisotopic (exact) mass is 267 g/mol. The fourth-order valence-electron chi connectivity index (χ4n) is 1.87. The number of nitrogens with zero attached hydrogens (tertiary/aromatic N) is 1. The fourth-order valence-corrected chi connectivity index (χ4v) is 1.87. The normalized spacial score (nSPS) is 10.7. The second kappa shape index (κ2) is 7.73. The number of rotatable bonds is 8. The topological polar surface area (TPSA) is 103 Å². The van der Waals surface area contributed by atoms with E-state index in [1.165, 1.54) is 7.11 Å². The van der Waals surface area contributed by atoms with Crippen molar-refractivity contribution in [3.63, 3.8) is 0 Å². The maximum absolute atomic E-state index is 8.97. The number of ether oxygens (including phenoxy) is 1. The van der Waals surface area contributed by atoms with Crippen LogP contribution in [-0.4, -0.2) is 54.4 Å². The molecule has 0 aliphatic rings. The fraction of sp³-hybridized carbons (Fsp3) is 0.462. The Balaban J connectivity index is 2.86. The van der Waals surface area contributed by atoms with Crippen LogP contribution >= 0.6 is 0 Å². The Hall–Kier alpha value is -1.63. The van der Waals surface area contributed by atoms with Gasteiger partial charge in [-0.15, -0.1) is 0 Å². The number of hydrogen-bond acceptors (Lipinski definition) is 5. The number of benzene rings is 1. The molecule has 6 heteroatoms. The summed E-state index contributed by atoms with van der Waals surface area (Å²) in [4.78, 5) is 1.93. The average molecular weight is 267 g/mol. The summed E-state index contributed by atoms with van der Waals surface area (Å²) < 4.78 is 5.21. The van der Waals surface area contributed by atoms with E-state index in [0.29, 0.717) is 30.9 Å². The van der Waals surface area contributed by atoms with Crippen LogP contribution in [0.5, 0.6) is 5.75 Å². The average Bonchev–Trinajstić information content (AvgIpc) is 2.38. The molecule has 0 aliphatic heterocycles. The molecule has 106 valence electrons. The Morgan fingerprint density at radius 1 is 1.32 bits per heavy atom. The van der Waals surface area contributed by atoms with Crippen molar-refractivity contribution in [1.82, 2.24) is 4.90 Å². The van der Waals surface area contributed by atoms with Crippen LogP contribution < -0.4 is 10.5 Å². The van der Waals surface area contributed by atoms with Crippen molar-refractivity contribution in [3.05, 3.63) is 29.3 Å². The number of aliphatic hydroxyl groups is 2. The van der Waals surface area contributed by atoms with Crippen molar-refractivity contribution < 1.29 is 14.9 Å². The Labute approximate surface area is 112 Å². The van der Waals surface area contributed by atoms with E-state index in [1.807, 2.05) is 17.0 Å². The van der Waals surface area contributed by atoms with E-state index in [-0.39, 0.29) is 19.0 Å². The zero-order chi connectivity index (χ0) is 14.3. The zero-order valence-electron chi connectivity index (χ0n) is 11.1. The molecule has 0 saturated carbocycles. The molecule has 19 heavy (non-hydrogen) atoms. The predicted molar refractivity (Wildman–Crippen MR) is 73.5 cm³/mol. The van der Waals surface area contributed by atoms with Crippen molar-refractivity contribution in [2.75, 3.05) is 33.4 Å². The van der Waals surface area contributed by atoms with E-state index in [9.17, 15) is 0 Å². The molecule has 0 radical (unpaired) electrons. The van der Waals surface area contributed by atoms with Gasteiger partial charge in [-0.25, -0.2) is 0 Å². The quantitative estimate of drug-likeness (QED) is 0.385. The van der Waals surface area contributed by atoms with Crippen LogP contribution in [0.1, 0.15) is 11.1 Å². The molecule has 0 spiro atoms. The Morgan fingerprint density at radius 3 is 2.42 bits per heavy atom. The standard InChI is InChI=1S/C13H21N3O3/c1-19-12-8-10(2-3-11(12)13(14)15)9-16(4-6-17)5-7-18/h2-3,8,17-18H,4-7,9H2,1H3,(H3,14,15). The van der Waals surface area contributed by atoms with Gasteiger partial charge in [-0.3, -0.25) is 10.3 Å². The van der Waals surface area contributed by atoms with E-state index >= 15 is 0 Å². The second-order valence-corrected chi connectivity index (χ2v) is 4.17. The van der Waals surface area contributed by atoms with Gasteiger partial charge in [0.05, 0.1) is 25.9 Å². The van der Waals surface area contributed by atoms with E-state index < -0.39 is 0 Å². The zero-order valence-corrected chi connectivity index (χ0v) is 11.1. The molecule has 1 rings (SSSR count). The molecule has 0 fully saturated rings. The highest BCUT2D eigenvalue weighted by Crippen LogP contribution is 2.20. The molecule has 6 nitrogen and oxygen atoms in total. The van der Waals surface area contributed by atoms with Crippen molar-refractivity contribution in [1.29, 1.82) is 5.41 Å². The third kappa shape index (κ3) is 4.51. The van der Waals surface area contributed by atoms with Gasteiger partial charge in [0.25, 0.3) is 0 Å². The predicted octanol–water partition coefficient (Wildman–Crippen LogP) is -0.234. The Bertz CT molecular complexity index is 418. The summed E-state index contributed by atoms with van der Waals surface area (Å²) >= 11 is 0. The highest BCUT2D eigenvalue weighted by molar-refractivity contribution is 5.97. The molecular formula is C13H21N3O3. The third-order valence-electron chi connectivity index (χ3n) is 2.79. The lowest BCUT2D eigenvalue weighted by molar-refractivity contribution is 0.156. The third-order valence-corrected chi connectivity index (χ3v) is 2.79. The largest absolute Gasteiger partial charge is 0.496 e. The lowest BCUT2D eigenvalue weighted by Crippen LogP contribution is -2.29. The summed E-state index contributed by atoms with van der Waals surface area (Å²) in [6, 6.07) is 5.42. The number of nitrogens with two attached hydrogens (primary N) is 1. The lowest BCUT2D eigenvalue weighted by Gasteiger charge is -2.20. The number of aliphatic hydroxyl groups excluding tert-OH is 2. The summed E-state index contributed by atoms with van der Waals surface area (Å²) in [5.74, 6) is 0.518. The minimum absolute atomic E-state index is 0.0361. The highest BCUT2D eigenvalue weighted by atomic mass is 16.5. The minimum atomic E-state index is -0.0361. The molecule has 1 aromatic carbocycles. The van der Waals surface area contributed by atoms with Gasteiger partial charge >= 0.3 is 0 Å². The number of hydrogen-bond donors (Lipinski definition) is 4. The van der Waals surface area contributed by atoms with Gasteiger partial charge < -0.3 is 20.7 Å². The summed E-state index contributed by atoms with van der Waals surface area (Å²) in [5, 5.41) is 25.4. The van der Waals surface area contributed by atoms with Crippen LogP contribution in [0.25, 0.3) is 0 Å². The van der Waals surface area contributed by atoms with Gasteiger partial charge in [-0.2, -0.15) is 0 Å². The molecule has 0 aliphatic carbocycles. The first kappa shape index (κ1) is 15.4. The Morgan fingerprint density at radius 2 is 1.95 bits per heavy atom. The van der Waals surface area contributed by atoms with Crippen LogP contribution in [0.2, 0.25) is 0 Å². The number of methoxy groups -OCH3 is 1. The van der Waals surface area contributed by atoms with Gasteiger partial charge in [-0.1, -0.05) is 6.07 Å². The summed E-state index contributed by atoms with van der Waals surface area (Å²) in [6.07, 6.45) is 0. The molecule has 0 unspecified atom stereocenters.